The third-order valence-corrected chi connectivity index (χ3v) is 6.98. The van der Waals surface area contributed by atoms with E-state index in [9.17, 15) is 13.2 Å². The van der Waals surface area contributed by atoms with Crippen LogP contribution in [0.3, 0.4) is 0 Å². The first kappa shape index (κ1) is 23.3. The average molecular weight is 477 g/mol. The van der Waals surface area contributed by atoms with E-state index in [0.29, 0.717) is 11.1 Å². The van der Waals surface area contributed by atoms with Crippen LogP contribution in [-0.2, 0) is 41.4 Å². The number of carboxylic acid groups (broad SMARTS) is 1. The van der Waals surface area contributed by atoms with Crippen molar-refractivity contribution in [1.82, 2.24) is 18.8 Å². The van der Waals surface area contributed by atoms with Crippen LogP contribution >= 0.6 is 0 Å². The molecule has 0 aliphatic carbocycles. The van der Waals surface area contributed by atoms with E-state index in [0.717, 1.165) is 16.7 Å². The summed E-state index contributed by atoms with van der Waals surface area (Å²) in [5.41, 5.74) is 4.08. The van der Waals surface area contributed by atoms with Gasteiger partial charge in [-0.25, -0.2) is 13.4 Å². The molecular weight excluding hydrogens is 452 g/mol. The Morgan fingerprint density at radius 2 is 1.71 bits per heavy atom. The first-order chi connectivity index (χ1) is 16.3. The summed E-state index contributed by atoms with van der Waals surface area (Å²) in [6.45, 7) is 0.214. The van der Waals surface area contributed by atoms with E-state index < -0.39 is 16.0 Å². The maximum atomic E-state index is 13.5. The summed E-state index contributed by atoms with van der Waals surface area (Å²) in [6.07, 6.45) is 6.27. The van der Waals surface area contributed by atoms with Crippen molar-refractivity contribution >= 4 is 16.0 Å². The molecule has 0 radical (unpaired) electrons. The Hall–Kier alpha value is -3.82. The highest BCUT2D eigenvalue weighted by atomic mass is 32.2. The Bertz CT molecular complexity index is 1380. The first-order valence-electron chi connectivity index (χ1n) is 10.6. The van der Waals surface area contributed by atoms with Crippen LogP contribution in [0.4, 0.5) is 0 Å². The number of carbonyl (C=O) groups is 1. The second-order valence-corrected chi connectivity index (χ2v) is 9.86. The minimum atomic E-state index is -3.90. The number of hydrogen-bond acceptors (Lipinski definition) is 5. The molecule has 0 bridgehead atoms. The smallest absolute Gasteiger partial charge is 0.307 e. The van der Waals surface area contributed by atoms with Gasteiger partial charge in [0.15, 0.2) is 5.03 Å². The molecule has 4 rings (SSSR count). The van der Waals surface area contributed by atoms with Crippen molar-refractivity contribution in [2.24, 2.45) is 7.05 Å². The summed E-state index contributed by atoms with van der Waals surface area (Å²) < 4.78 is 29.8. The summed E-state index contributed by atoms with van der Waals surface area (Å²) >= 11 is 0. The molecule has 2 heterocycles. The Morgan fingerprint density at radius 3 is 2.35 bits per heavy atom. The number of pyridine rings is 1. The van der Waals surface area contributed by atoms with Crippen molar-refractivity contribution in [2.75, 3.05) is 0 Å². The summed E-state index contributed by atoms with van der Waals surface area (Å²) in [4.78, 5) is 19.3. The summed E-state index contributed by atoms with van der Waals surface area (Å²) in [5.74, 6) is -0.941. The molecule has 0 unspecified atom stereocenters. The Labute approximate surface area is 198 Å². The van der Waals surface area contributed by atoms with E-state index in [4.69, 9.17) is 5.11 Å². The second-order valence-electron chi connectivity index (χ2n) is 7.98. The molecular formula is C25H24N4O4S. The van der Waals surface area contributed by atoms with Gasteiger partial charge in [0, 0.05) is 38.7 Å². The van der Waals surface area contributed by atoms with Crippen molar-refractivity contribution < 1.29 is 18.3 Å². The zero-order valence-electron chi connectivity index (χ0n) is 18.6. The Morgan fingerprint density at radius 1 is 0.971 bits per heavy atom. The fourth-order valence-electron chi connectivity index (χ4n) is 3.64. The average Bonchev–Trinajstić information content (AvgIpc) is 3.27. The van der Waals surface area contributed by atoms with Gasteiger partial charge in [-0.2, -0.15) is 4.31 Å². The standard InChI is InChI=1S/C25H24N4O4S/c1-28-17-24(27-18-28)34(32,33)29(16-21-5-2-4-20(12-21)13-25(30)31)15-19-7-9-22(10-8-19)23-6-3-11-26-14-23/h2-12,14,17-18H,13,15-16H2,1H3,(H,30,31). The SMILES string of the molecule is Cn1cnc(S(=O)(=O)N(Cc2ccc(-c3cccnc3)cc2)Cc2cccc(CC(=O)O)c2)c1. The van der Waals surface area contributed by atoms with Gasteiger partial charge in [0.25, 0.3) is 10.0 Å². The van der Waals surface area contributed by atoms with Crippen molar-refractivity contribution in [3.63, 3.8) is 0 Å². The van der Waals surface area contributed by atoms with Crippen LogP contribution in [-0.4, -0.2) is 38.3 Å². The van der Waals surface area contributed by atoms with Crippen LogP contribution in [0, 0.1) is 0 Å². The predicted octanol–water partition coefficient (Wildman–Crippen LogP) is 3.50. The van der Waals surface area contributed by atoms with E-state index in [-0.39, 0.29) is 24.5 Å². The molecule has 0 amide bonds. The number of rotatable bonds is 9. The molecule has 0 saturated heterocycles. The summed E-state index contributed by atoms with van der Waals surface area (Å²) in [5, 5.41) is 9.06. The molecule has 34 heavy (non-hydrogen) atoms. The molecule has 0 aliphatic heterocycles. The molecule has 4 aromatic rings. The molecule has 8 nitrogen and oxygen atoms in total. The lowest BCUT2D eigenvalue weighted by molar-refractivity contribution is -0.136. The van der Waals surface area contributed by atoms with E-state index in [1.54, 1.807) is 48.3 Å². The van der Waals surface area contributed by atoms with Crippen LogP contribution < -0.4 is 0 Å². The van der Waals surface area contributed by atoms with E-state index >= 15 is 0 Å². The zero-order chi connectivity index (χ0) is 24.1. The molecule has 0 saturated carbocycles. The summed E-state index contributed by atoms with van der Waals surface area (Å²) in [6, 6.07) is 18.4. The normalized spacial score (nSPS) is 11.6. The molecule has 0 fully saturated rings. The Kier molecular flexibility index (Phi) is 6.85. The third-order valence-electron chi connectivity index (χ3n) is 5.30. The molecule has 1 N–H and O–H groups in total. The number of aliphatic carboxylic acids is 1. The fourth-order valence-corrected chi connectivity index (χ4v) is 5.02. The first-order valence-corrected chi connectivity index (χ1v) is 12.0. The number of hydrogen-bond donors (Lipinski definition) is 1. The van der Waals surface area contributed by atoms with E-state index in [2.05, 4.69) is 9.97 Å². The Balaban J connectivity index is 1.63. The van der Waals surface area contributed by atoms with Gasteiger partial charge in [-0.3, -0.25) is 9.78 Å². The molecule has 9 heteroatoms. The van der Waals surface area contributed by atoms with Crippen molar-refractivity contribution in [3.05, 3.63) is 102 Å². The van der Waals surface area contributed by atoms with Crippen LogP contribution in [0.5, 0.6) is 0 Å². The molecule has 2 aromatic carbocycles. The number of imidazole rings is 1. The summed E-state index contributed by atoms with van der Waals surface area (Å²) in [7, 11) is -2.19. The van der Waals surface area contributed by atoms with Gasteiger partial charge in [0.1, 0.15) is 0 Å². The van der Waals surface area contributed by atoms with Crippen LogP contribution in [0.25, 0.3) is 11.1 Å². The van der Waals surface area contributed by atoms with Gasteiger partial charge in [0.2, 0.25) is 0 Å². The van der Waals surface area contributed by atoms with E-state index in [1.165, 1.54) is 16.8 Å². The number of benzene rings is 2. The number of nitrogens with zero attached hydrogens (tertiary/aromatic N) is 4. The second kappa shape index (κ2) is 9.98. The third kappa shape index (κ3) is 5.56. The number of carboxylic acids is 1. The maximum Gasteiger partial charge on any atom is 0.307 e. The van der Waals surface area contributed by atoms with Crippen molar-refractivity contribution in [3.8, 4) is 11.1 Å². The van der Waals surface area contributed by atoms with Crippen molar-refractivity contribution in [2.45, 2.75) is 24.5 Å². The molecule has 2 aromatic heterocycles. The molecule has 0 spiro atoms. The number of sulfonamides is 1. The molecule has 0 atom stereocenters. The lowest BCUT2D eigenvalue weighted by Crippen LogP contribution is -2.30. The topological polar surface area (TPSA) is 105 Å². The zero-order valence-corrected chi connectivity index (χ0v) is 19.4. The number of aromatic nitrogens is 3. The highest BCUT2D eigenvalue weighted by Crippen LogP contribution is 2.23. The highest BCUT2D eigenvalue weighted by Gasteiger charge is 2.27. The van der Waals surface area contributed by atoms with Gasteiger partial charge >= 0.3 is 5.97 Å². The number of aryl methyl sites for hydroxylation is 1. The van der Waals surface area contributed by atoms with Crippen LogP contribution in [0.2, 0.25) is 0 Å². The largest absolute Gasteiger partial charge is 0.481 e. The minimum absolute atomic E-state index is 0.0383. The van der Waals surface area contributed by atoms with Gasteiger partial charge < -0.3 is 9.67 Å². The highest BCUT2D eigenvalue weighted by molar-refractivity contribution is 7.89. The van der Waals surface area contributed by atoms with Crippen molar-refractivity contribution in [1.29, 1.82) is 0 Å². The van der Waals surface area contributed by atoms with E-state index in [1.807, 2.05) is 36.4 Å². The van der Waals surface area contributed by atoms with Gasteiger partial charge in [0.05, 0.1) is 12.7 Å². The fraction of sp³-hybridized carbons (Fsp3) is 0.160. The van der Waals surface area contributed by atoms with Crippen LogP contribution in [0.1, 0.15) is 16.7 Å². The maximum absolute atomic E-state index is 13.5. The monoisotopic (exact) mass is 476 g/mol. The lowest BCUT2D eigenvalue weighted by atomic mass is 10.1. The predicted molar refractivity (Wildman–Crippen MR) is 127 cm³/mol. The quantitative estimate of drug-likeness (QED) is 0.396. The van der Waals surface area contributed by atoms with Crippen LogP contribution in [0.15, 0.2) is 90.6 Å². The minimum Gasteiger partial charge on any atom is -0.481 e. The molecule has 0 aliphatic rings. The van der Waals surface area contributed by atoms with Gasteiger partial charge in [-0.1, -0.05) is 54.6 Å². The van der Waals surface area contributed by atoms with Gasteiger partial charge in [-0.15, -0.1) is 0 Å². The van der Waals surface area contributed by atoms with Gasteiger partial charge in [-0.05, 0) is 33.9 Å². The molecule has 174 valence electrons. The lowest BCUT2D eigenvalue weighted by Gasteiger charge is -2.22.